The number of ether oxygens (including phenoxy) is 1. The topological polar surface area (TPSA) is 55.8 Å². The standard InChI is InChI=1S/C20H32IO4P/c1-5-24-19(23)12-15(2)16-8-6-9-17(13-16)18(25-26-21)10-7-11-20(3,4)14-22/h6,8-9,13,15,18,22,26H,5,7,10-12,14H2,1-4H3. The number of hydrogen-bond acceptors (Lipinski definition) is 4. The summed E-state index contributed by atoms with van der Waals surface area (Å²) < 4.78 is 11.1. The van der Waals surface area contributed by atoms with Crippen LogP contribution in [0.2, 0.25) is 0 Å². The Hall–Kier alpha value is -0.230. The summed E-state index contributed by atoms with van der Waals surface area (Å²) in [6.45, 7) is 9.06. The molecule has 26 heavy (non-hydrogen) atoms. The predicted molar refractivity (Wildman–Crippen MR) is 117 cm³/mol. The van der Waals surface area contributed by atoms with Crippen LogP contribution in [0.3, 0.4) is 0 Å². The molecule has 0 amide bonds. The highest BCUT2D eigenvalue weighted by Gasteiger charge is 2.19. The zero-order valence-electron chi connectivity index (χ0n) is 16.3. The van der Waals surface area contributed by atoms with Crippen LogP contribution in [0.1, 0.15) is 76.5 Å². The summed E-state index contributed by atoms with van der Waals surface area (Å²) in [6, 6.07) is 8.35. The molecule has 0 aliphatic rings. The molecule has 1 aromatic rings. The molecule has 1 aromatic carbocycles. The number of aliphatic hydroxyl groups is 1. The number of benzene rings is 1. The van der Waals surface area contributed by atoms with Gasteiger partial charge in [-0.15, -0.1) is 0 Å². The minimum atomic E-state index is -0.154. The second-order valence-electron chi connectivity index (χ2n) is 7.48. The first kappa shape index (κ1) is 23.8. The van der Waals surface area contributed by atoms with Crippen LogP contribution in [-0.2, 0) is 14.1 Å². The molecule has 0 heterocycles. The minimum Gasteiger partial charge on any atom is -0.466 e. The van der Waals surface area contributed by atoms with Crippen molar-refractivity contribution in [2.75, 3.05) is 13.2 Å². The zero-order valence-corrected chi connectivity index (χ0v) is 19.4. The van der Waals surface area contributed by atoms with Gasteiger partial charge in [0.25, 0.3) is 0 Å². The molecule has 0 bridgehead atoms. The first-order chi connectivity index (χ1) is 12.3. The van der Waals surface area contributed by atoms with E-state index in [0.29, 0.717) is 19.5 Å². The van der Waals surface area contributed by atoms with Gasteiger partial charge in [-0.2, -0.15) is 0 Å². The van der Waals surface area contributed by atoms with Crippen LogP contribution in [0.15, 0.2) is 24.3 Å². The Kier molecular flexibility index (Phi) is 11.2. The van der Waals surface area contributed by atoms with Crippen molar-refractivity contribution in [3.8, 4) is 0 Å². The average Bonchev–Trinajstić information content (AvgIpc) is 2.61. The van der Waals surface area contributed by atoms with Gasteiger partial charge in [0.1, 0.15) is 0 Å². The van der Waals surface area contributed by atoms with Gasteiger partial charge in [-0.05, 0) is 70.7 Å². The highest BCUT2D eigenvalue weighted by molar-refractivity contribution is 14.2. The van der Waals surface area contributed by atoms with Crippen LogP contribution in [0.25, 0.3) is 0 Å². The van der Waals surface area contributed by atoms with Gasteiger partial charge in [0, 0.05) is 6.61 Å². The van der Waals surface area contributed by atoms with Crippen molar-refractivity contribution in [1.82, 2.24) is 0 Å². The van der Waals surface area contributed by atoms with E-state index >= 15 is 0 Å². The first-order valence-electron chi connectivity index (χ1n) is 9.20. The van der Waals surface area contributed by atoms with Crippen molar-refractivity contribution < 1.29 is 19.2 Å². The molecule has 4 nitrogen and oxygen atoms in total. The molecule has 148 valence electrons. The number of halogens is 1. The molecule has 0 aromatic heterocycles. The molecular formula is C20H32IO4P. The molecule has 0 spiro atoms. The van der Waals surface area contributed by atoms with Crippen LogP contribution in [-0.4, -0.2) is 24.3 Å². The van der Waals surface area contributed by atoms with Crippen molar-refractivity contribution in [3.05, 3.63) is 35.4 Å². The average molecular weight is 494 g/mol. The molecule has 0 saturated carbocycles. The van der Waals surface area contributed by atoms with Gasteiger partial charge in [-0.3, -0.25) is 4.79 Å². The van der Waals surface area contributed by atoms with Crippen LogP contribution < -0.4 is 0 Å². The Labute approximate surface area is 172 Å². The fourth-order valence-electron chi connectivity index (χ4n) is 2.85. The Balaban J connectivity index is 2.77. The fourth-order valence-corrected chi connectivity index (χ4v) is 4.13. The zero-order chi connectivity index (χ0) is 19.6. The summed E-state index contributed by atoms with van der Waals surface area (Å²) in [5.41, 5.74) is 2.24. The van der Waals surface area contributed by atoms with E-state index in [-0.39, 0.29) is 30.0 Å². The molecule has 0 radical (unpaired) electrons. The maximum Gasteiger partial charge on any atom is 0.306 e. The van der Waals surface area contributed by atoms with E-state index in [4.69, 9.17) is 9.26 Å². The Bertz CT molecular complexity index is 550. The molecule has 1 rings (SSSR count). The number of rotatable bonds is 12. The summed E-state index contributed by atoms with van der Waals surface area (Å²) >= 11 is 2.26. The lowest BCUT2D eigenvalue weighted by molar-refractivity contribution is -0.143. The monoisotopic (exact) mass is 494 g/mol. The third kappa shape index (κ3) is 8.64. The second-order valence-corrected chi connectivity index (χ2v) is 9.19. The largest absolute Gasteiger partial charge is 0.466 e. The third-order valence-electron chi connectivity index (χ3n) is 4.56. The summed E-state index contributed by atoms with van der Waals surface area (Å²) in [4.78, 5) is 11.7. The number of aliphatic hydroxyl groups excluding tert-OH is 1. The van der Waals surface area contributed by atoms with Gasteiger partial charge in [-0.1, -0.05) is 45.0 Å². The van der Waals surface area contributed by atoms with E-state index in [1.165, 1.54) is 0 Å². The number of esters is 1. The number of hydrogen-bond donors (Lipinski definition) is 1. The number of carbonyl (C=O) groups is 1. The third-order valence-corrected chi connectivity index (χ3v) is 5.70. The summed E-state index contributed by atoms with van der Waals surface area (Å²) in [5.74, 6) is -0.0387. The molecule has 1 N–H and O–H groups in total. The molecule has 3 atom stereocenters. The maximum absolute atomic E-state index is 11.7. The molecule has 0 aliphatic carbocycles. The first-order valence-corrected chi connectivity index (χ1v) is 13.2. The summed E-state index contributed by atoms with van der Waals surface area (Å²) in [5, 5.41) is 9.42. The van der Waals surface area contributed by atoms with E-state index in [0.717, 1.165) is 30.4 Å². The van der Waals surface area contributed by atoms with Crippen LogP contribution in [0.4, 0.5) is 0 Å². The predicted octanol–water partition coefficient (Wildman–Crippen LogP) is 5.93. The van der Waals surface area contributed by atoms with Gasteiger partial charge in [-0.25, -0.2) is 0 Å². The van der Waals surface area contributed by atoms with Gasteiger partial charge in [0.05, 0.1) is 25.6 Å². The lowest BCUT2D eigenvalue weighted by atomic mass is 9.87. The second kappa shape index (κ2) is 12.3. The Morgan fingerprint density at radius 3 is 2.65 bits per heavy atom. The highest BCUT2D eigenvalue weighted by atomic mass is 127. The Morgan fingerprint density at radius 1 is 1.35 bits per heavy atom. The van der Waals surface area contributed by atoms with E-state index in [2.05, 4.69) is 61.0 Å². The van der Waals surface area contributed by atoms with Crippen molar-refractivity contribution >= 4 is 34.5 Å². The van der Waals surface area contributed by atoms with Crippen molar-refractivity contribution in [2.24, 2.45) is 5.41 Å². The van der Waals surface area contributed by atoms with Crippen LogP contribution in [0, 0.1) is 5.41 Å². The van der Waals surface area contributed by atoms with E-state index in [1.54, 1.807) is 0 Å². The van der Waals surface area contributed by atoms with Crippen LogP contribution >= 0.6 is 28.5 Å². The lowest BCUT2D eigenvalue weighted by Crippen LogP contribution is -2.16. The van der Waals surface area contributed by atoms with Crippen molar-refractivity contribution in [2.45, 2.75) is 65.4 Å². The molecule has 3 unspecified atom stereocenters. The SMILES string of the molecule is CCOC(=O)CC(C)c1cccc(C(CCCC(C)(C)CO)OPI)c1. The molecule has 0 fully saturated rings. The molecule has 0 aliphatic heterocycles. The highest BCUT2D eigenvalue weighted by Crippen LogP contribution is 2.37. The van der Waals surface area contributed by atoms with Crippen LogP contribution in [0.5, 0.6) is 0 Å². The normalized spacial score (nSPS) is 14.5. The quantitative estimate of drug-likeness (QED) is 0.222. The minimum absolute atomic E-state index is 0.0485. The van der Waals surface area contributed by atoms with E-state index in [9.17, 15) is 9.90 Å². The molecule has 6 heteroatoms. The van der Waals surface area contributed by atoms with E-state index < -0.39 is 0 Å². The molecular weight excluding hydrogens is 462 g/mol. The van der Waals surface area contributed by atoms with Gasteiger partial charge >= 0.3 is 5.97 Å². The maximum atomic E-state index is 11.7. The van der Waals surface area contributed by atoms with Gasteiger partial charge in [0.15, 0.2) is 0 Å². The smallest absolute Gasteiger partial charge is 0.306 e. The summed E-state index contributed by atoms with van der Waals surface area (Å²) in [6.07, 6.45) is 3.33. The van der Waals surface area contributed by atoms with Crippen molar-refractivity contribution in [1.29, 1.82) is 0 Å². The van der Waals surface area contributed by atoms with Gasteiger partial charge in [0.2, 0.25) is 0 Å². The fraction of sp³-hybridized carbons (Fsp3) is 0.650. The Morgan fingerprint density at radius 2 is 2.04 bits per heavy atom. The molecule has 0 saturated heterocycles. The number of carbonyl (C=O) groups excluding carboxylic acids is 1. The lowest BCUT2D eigenvalue weighted by Gasteiger charge is -2.24. The van der Waals surface area contributed by atoms with Gasteiger partial charge < -0.3 is 14.4 Å². The van der Waals surface area contributed by atoms with Crippen molar-refractivity contribution in [3.63, 3.8) is 0 Å². The van der Waals surface area contributed by atoms with E-state index in [1.807, 2.05) is 13.0 Å². The summed E-state index contributed by atoms with van der Waals surface area (Å²) in [7, 11) is 0.